The topological polar surface area (TPSA) is 92.4 Å². The Balaban J connectivity index is 1.50. The van der Waals surface area contributed by atoms with Crippen molar-refractivity contribution in [1.82, 2.24) is 9.97 Å². The third kappa shape index (κ3) is 3.88. The van der Waals surface area contributed by atoms with Crippen LogP contribution in [0.3, 0.4) is 0 Å². The zero-order chi connectivity index (χ0) is 20.4. The van der Waals surface area contributed by atoms with Crippen molar-refractivity contribution in [3.05, 3.63) is 66.4 Å². The van der Waals surface area contributed by atoms with Crippen LogP contribution in [-0.2, 0) is 9.84 Å². The van der Waals surface area contributed by atoms with E-state index in [1.807, 2.05) is 4.90 Å². The highest BCUT2D eigenvalue weighted by Gasteiger charge is 2.24. The number of hydrogen-bond acceptors (Lipinski definition) is 7. The van der Waals surface area contributed by atoms with Gasteiger partial charge in [-0.1, -0.05) is 35.9 Å². The number of nitrogen functional groups attached to an aromatic ring is 1. The number of aromatic nitrogens is 2. The van der Waals surface area contributed by atoms with Crippen molar-refractivity contribution in [3.63, 3.8) is 0 Å². The molecule has 0 spiro atoms. The summed E-state index contributed by atoms with van der Waals surface area (Å²) in [5.41, 5.74) is 8.45. The molecule has 29 heavy (non-hydrogen) atoms. The number of benzene rings is 2. The average Bonchev–Trinajstić information content (AvgIpc) is 2.75. The lowest BCUT2D eigenvalue weighted by molar-refractivity contribution is 0.595. The van der Waals surface area contributed by atoms with E-state index in [9.17, 15) is 8.42 Å². The standard InChI is InChI=1S/C21H23N5O2S/c1-16-7-9-17(10-8-16)25-11-13-26(14-12-25)21-23-15-19(20(22)24-21)29(27,28)18-5-3-2-4-6-18/h2-10,15H,11-14H2,1H3,(H2,22,23,24). The molecule has 3 aromatic rings. The molecular weight excluding hydrogens is 386 g/mol. The molecule has 8 heteroatoms. The van der Waals surface area contributed by atoms with Crippen molar-refractivity contribution in [2.45, 2.75) is 16.7 Å². The summed E-state index contributed by atoms with van der Waals surface area (Å²) >= 11 is 0. The minimum atomic E-state index is -3.74. The molecule has 0 unspecified atom stereocenters. The van der Waals surface area contributed by atoms with Crippen molar-refractivity contribution < 1.29 is 8.42 Å². The highest BCUT2D eigenvalue weighted by molar-refractivity contribution is 7.91. The van der Waals surface area contributed by atoms with Gasteiger partial charge < -0.3 is 15.5 Å². The highest BCUT2D eigenvalue weighted by Crippen LogP contribution is 2.26. The van der Waals surface area contributed by atoms with E-state index in [2.05, 4.69) is 46.1 Å². The summed E-state index contributed by atoms with van der Waals surface area (Å²) in [4.78, 5) is 13.0. The van der Waals surface area contributed by atoms with E-state index < -0.39 is 9.84 Å². The Kier molecular flexibility index (Phi) is 5.10. The minimum Gasteiger partial charge on any atom is -0.382 e. The van der Waals surface area contributed by atoms with Crippen LogP contribution in [0.4, 0.5) is 17.5 Å². The first-order valence-electron chi connectivity index (χ1n) is 9.44. The van der Waals surface area contributed by atoms with E-state index >= 15 is 0 Å². The lowest BCUT2D eigenvalue weighted by atomic mass is 10.2. The Labute approximate surface area is 170 Å². The fourth-order valence-corrected chi connectivity index (χ4v) is 4.66. The molecule has 0 aliphatic carbocycles. The van der Waals surface area contributed by atoms with Gasteiger partial charge in [-0.25, -0.2) is 13.4 Å². The maximum Gasteiger partial charge on any atom is 0.227 e. The quantitative estimate of drug-likeness (QED) is 0.708. The Hall–Kier alpha value is -3.13. The minimum absolute atomic E-state index is 0.0279. The summed E-state index contributed by atoms with van der Waals surface area (Å²) in [6.07, 6.45) is 1.31. The molecule has 1 aromatic heterocycles. The normalized spacial score (nSPS) is 14.8. The number of aryl methyl sites for hydroxylation is 1. The predicted molar refractivity (Wildman–Crippen MR) is 114 cm³/mol. The largest absolute Gasteiger partial charge is 0.382 e. The van der Waals surface area contributed by atoms with Crippen molar-refractivity contribution in [2.24, 2.45) is 0 Å². The maximum atomic E-state index is 12.8. The lowest BCUT2D eigenvalue weighted by Gasteiger charge is -2.36. The SMILES string of the molecule is Cc1ccc(N2CCN(c3ncc(S(=O)(=O)c4ccccc4)c(N)n3)CC2)cc1. The summed E-state index contributed by atoms with van der Waals surface area (Å²) in [5, 5.41) is 0. The molecule has 0 saturated carbocycles. The third-order valence-electron chi connectivity index (χ3n) is 5.07. The second kappa shape index (κ2) is 7.71. The fourth-order valence-electron chi connectivity index (χ4n) is 3.38. The van der Waals surface area contributed by atoms with Crippen molar-refractivity contribution >= 4 is 27.3 Å². The number of nitrogens with zero attached hydrogens (tertiary/aromatic N) is 4. The molecular formula is C21H23N5O2S. The highest BCUT2D eigenvalue weighted by atomic mass is 32.2. The lowest BCUT2D eigenvalue weighted by Crippen LogP contribution is -2.47. The summed E-state index contributed by atoms with van der Waals surface area (Å²) < 4.78 is 25.6. The van der Waals surface area contributed by atoms with E-state index in [4.69, 9.17) is 5.73 Å². The van der Waals surface area contributed by atoms with Crippen molar-refractivity contribution in [2.75, 3.05) is 41.7 Å². The zero-order valence-corrected chi connectivity index (χ0v) is 17.0. The smallest absolute Gasteiger partial charge is 0.227 e. The Morgan fingerprint density at radius 2 is 1.52 bits per heavy atom. The van der Waals surface area contributed by atoms with Gasteiger partial charge in [-0.05, 0) is 31.2 Å². The van der Waals surface area contributed by atoms with Gasteiger partial charge in [0.1, 0.15) is 10.7 Å². The molecule has 0 radical (unpaired) electrons. The van der Waals surface area contributed by atoms with Gasteiger partial charge in [0.05, 0.1) is 11.1 Å². The van der Waals surface area contributed by atoms with Crippen LogP contribution in [0.25, 0.3) is 0 Å². The molecule has 0 bridgehead atoms. The van der Waals surface area contributed by atoms with Gasteiger partial charge in [0.15, 0.2) is 0 Å². The Morgan fingerprint density at radius 3 is 2.14 bits per heavy atom. The van der Waals surface area contributed by atoms with Gasteiger partial charge in [0.2, 0.25) is 15.8 Å². The van der Waals surface area contributed by atoms with E-state index in [0.29, 0.717) is 5.95 Å². The number of hydrogen-bond donors (Lipinski definition) is 1. The van der Waals surface area contributed by atoms with E-state index in [0.717, 1.165) is 26.2 Å². The van der Waals surface area contributed by atoms with Crippen LogP contribution in [0.2, 0.25) is 0 Å². The second-order valence-corrected chi connectivity index (χ2v) is 8.96. The number of anilines is 3. The maximum absolute atomic E-state index is 12.8. The molecule has 1 aliphatic heterocycles. The van der Waals surface area contributed by atoms with Crippen LogP contribution in [0.15, 0.2) is 70.6 Å². The van der Waals surface area contributed by atoms with Crippen LogP contribution in [0.1, 0.15) is 5.56 Å². The van der Waals surface area contributed by atoms with Crippen molar-refractivity contribution in [1.29, 1.82) is 0 Å². The molecule has 2 aromatic carbocycles. The molecule has 2 N–H and O–H groups in total. The molecule has 0 atom stereocenters. The summed E-state index contributed by atoms with van der Waals surface area (Å²) in [5.74, 6) is 0.429. The van der Waals surface area contributed by atoms with E-state index in [1.54, 1.807) is 18.2 Å². The summed E-state index contributed by atoms with van der Waals surface area (Å²) in [6.45, 7) is 5.20. The first-order valence-corrected chi connectivity index (χ1v) is 10.9. The molecule has 150 valence electrons. The van der Waals surface area contributed by atoms with Crippen LogP contribution < -0.4 is 15.5 Å². The molecule has 0 amide bonds. The van der Waals surface area contributed by atoms with Crippen LogP contribution in [-0.4, -0.2) is 44.6 Å². The number of sulfone groups is 1. The second-order valence-electron chi connectivity index (χ2n) is 7.05. The Bertz CT molecular complexity index is 1090. The van der Waals surface area contributed by atoms with Gasteiger partial charge >= 0.3 is 0 Å². The molecule has 1 saturated heterocycles. The van der Waals surface area contributed by atoms with Gasteiger partial charge in [0.25, 0.3) is 0 Å². The molecule has 2 heterocycles. The number of nitrogens with two attached hydrogens (primary N) is 1. The van der Waals surface area contributed by atoms with Gasteiger partial charge in [-0.15, -0.1) is 0 Å². The van der Waals surface area contributed by atoms with Crippen molar-refractivity contribution in [3.8, 4) is 0 Å². The number of piperazine rings is 1. The third-order valence-corrected chi connectivity index (χ3v) is 6.86. The zero-order valence-electron chi connectivity index (χ0n) is 16.2. The first kappa shape index (κ1) is 19.2. The van der Waals surface area contributed by atoms with Crippen LogP contribution >= 0.6 is 0 Å². The fraction of sp³-hybridized carbons (Fsp3) is 0.238. The predicted octanol–water partition coefficient (Wildman–Crippen LogP) is 2.53. The molecule has 4 rings (SSSR count). The van der Waals surface area contributed by atoms with Gasteiger partial charge in [-0.3, -0.25) is 0 Å². The summed E-state index contributed by atoms with van der Waals surface area (Å²) in [6, 6.07) is 16.6. The number of rotatable bonds is 4. The summed E-state index contributed by atoms with van der Waals surface area (Å²) in [7, 11) is -3.74. The van der Waals surface area contributed by atoms with Crippen LogP contribution in [0.5, 0.6) is 0 Å². The molecule has 7 nitrogen and oxygen atoms in total. The van der Waals surface area contributed by atoms with E-state index in [1.165, 1.54) is 29.6 Å². The van der Waals surface area contributed by atoms with Crippen LogP contribution in [0, 0.1) is 6.92 Å². The monoisotopic (exact) mass is 409 g/mol. The first-order chi connectivity index (χ1) is 13.9. The molecule has 1 aliphatic rings. The molecule has 1 fully saturated rings. The van der Waals surface area contributed by atoms with Gasteiger partial charge in [0, 0.05) is 31.9 Å². The van der Waals surface area contributed by atoms with Gasteiger partial charge in [-0.2, -0.15) is 4.98 Å². The van der Waals surface area contributed by atoms with E-state index in [-0.39, 0.29) is 15.6 Å². The Morgan fingerprint density at radius 1 is 0.897 bits per heavy atom. The average molecular weight is 410 g/mol.